The van der Waals surface area contributed by atoms with Crippen LogP contribution in [-0.2, 0) is 16.0 Å². The first-order valence-corrected chi connectivity index (χ1v) is 6.01. The summed E-state index contributed by atoms with van der Waals surface area (Å²) in [7, 11) is 0. The average molecular weight is 287 g/mol. The van der Waals surface area contributed by atoms with Crippen molar-refractivity contribution in [2.75, 3.05) is 6.61 Å². The molecule has 1 atom stereocenters. The van der Waals surface area contributed by atoms with Gasteiger partial charge in [-0.2, -0.15) is 0 Å². The first kappa shape index (κ1) is 16.0. The number of rotatable bonds is 7. The van der Waals surface area contributed by atoms with Crippen molar-refractivity contribution in [3.63, 3.8) is 0 Å². The number of aliphatic hydroxyl groups excluding tert-OH is 1. The van der Waals surface area contributed by atoms with Crippen LogP contribution < -0.4 is 5.32 Å². The van der Waals surface area contributed by atoms with Crippen molar-refractivity contribution < 1.29 is 28.6 Å². The number of aliphatic carboxylic acids is 1. The molecule has 0 spiro atoms. The van der Waals surface area contributed by atoms with Crippen molar-refractivity contribution in [1.82, 2.24) is 5.32 Å². The van der Waals surface area contributed by atoms with Gasteiger partial charge in [-0.3, -0.25) is 4.79 Å². The van der Waals surface area contributed by atoms with Crippen molar-refractivity contribution in [3.05, 3.63) is 35.4 Å². The maximum Gasteiger partial charge on any atom is 0.328 e. The van der Waals surface area contributed by atoms with Gasteiger partial charge in [-0.25, -0.2) is 13.6 Å². The van der Waals surface area contributed by atoms with Crippen LogP contribution in [0.2, 0.25) is 0 Å². The molecule has 0 radical (unpaired) electrons. The molecule has 1 aromatic rings. The quantitative estimate of drug-likeness (QED) is 0.694. The second kappa shape index (κ2) is 7.54. The Morgan fingerprint density at radius 1 is 1.25 bits per heavy atom. The molecular formula is C13H15F2NO4. The highest BCUT2D eigenvalue weighted by molar-refractivity contribution is 5.83. The lowest BCUT2D eigenvalue weighted by atomic mass is 10.1. The fraction of sp³-hybridized carbons (Fsp3) is 0.385. The summed E-state index contributed by atoms with van der Waals surface area (Å²) in [5.41, 5.74) is 0.550. The number of carbonyl (C=O) groups is 2. The summed E-state index contributed by atoms with van der Waals surface area (Å²) in [4.78, 5) is 22.0. The topological polar surface area (TPSA) is 86.6 Å². The van der Waals surface area contributed by atoms with Gasteiger partial charge in [0.2, 0.25) is 5.91 Å². The van der Waals surface area contributed by atoms with Crippen LogP contribution in [-0.4, -0.2) is 34.7 Å². The molecule has 1 rings (SSSR count). The molecule has 0 fully saturated rings. The molecule has 5 nitrogen and oxygen atoms in total. The number of carbonyl (C=O) groups excluding carboxylic acids is 1. The fourth-order valence-electron chi connectivity index (χ4n) is 1.60. The van der Waals surface area contributed by atoms with Crippen LogP contribution in [0.1, 0.15) is 18.4 Å². The molecule has 0 saturated heterocycles. The number of halogens is 2. The standard InChI is InChI=1S/C13H15F2NO4/c14-9-5-4-8(6-10(9)15)2-1-3-12(18)16-11(7-17)13(19)20/h4-6,11,17H,1-3,7H2,(H,16,18)(H,19,20). The minimum absolute atomic E-state index is 0.0305. The average Bonchev–Trinajstić information content (AvgIpc) is 2.39. The van der Waals surface area contributed by atoms with E-state index >= 15 is 0 Å². The van der Waals surface area contributed by atoms with E-state index < -0.39 is 36.2 Å². The number of amides is 1. The Kier molecular flexibility index (Phi) is 6.05. The first-order chi connectivity index (χ1) is 9.43. The number of nitrogens with one attached hydrogen (secondary N) is 1. The summed E-state index contributed by atoms with van der Waals surface area (Å²) in [6.45, 7) is -0.690. The van der Waals surface area contributed by atoms with Crippen LogP contribution in [0.4, 0.5) is 8.78 Å². The lowest BCUT2D eigenvalue weighted by molar-refractivity contribution is -0.142. The van der Waals surface area contributed by atoms with Crippen LogP contribution in [0.25, 0.3) is 0 Å². The predicted octanol–water partition coefficient (Wildman–Crippen LogP) is 0.849. The maximum atomic E-state index is 12.9. The molecule has 0 bridgehead atoms. The molecule has 3 N–H and O–H groups in total. The largest absolute Gasteiger partial charge is 0.480 e. The van der Waals surface area contributed by atoms with Gasteiger partial charge in [0.05, 0.1) is 6.61 Å². The normalized spacial score (nSPS) is 11.9. The molecule has 0 heterocycles. The Morgan fingerprint density at radius 2 is 1.95 bits per heavy atom. The number of aryl methyl sites for hydroxylation is 1. The van der Waals surface area contributed by atoms with Gasteiger partial charge in [-0.05, 0) is 30.5 Å². The Bertz CT molecular complexity index is 493. The SMILES string of the molecule is O=C(CCCc1ccc(F)c(F)c1)NC(CO)C(=O)O. The van der Waals surface area contributed by atoms with Gasteiger partial charge in [0.1, 0.15) is 6.04 Å². The number of hydrogen-bond acceptors (Lipinski definition) is 3. The predicted molar refractivity (Wildman–Crippen MR) is 65.9 cm³/mol. The monoisotopic (exact) mass is 287 g/mol. The van der Waals surface area contributed by atoms with Crippen molar-refractivity contribution in [1.29, 1.82) is 0 Å². The molecular weight excluding hydrogens is 272 g/mol. The Balaban J connectivity index is 2.38. The number of carboxylic acid groups (broad SMARTS) is 1. The highest BCUT2D eigenvalue weighted by Gasteiger charge is 2.18. The van der Waals surface area contributed by atoms with Gasteiger partial charge in [0.15, 0.2) is 11.6 Å². The summed E-state index contributed by atoms with van der Waals surface area (Å²) in [5, 5.41) is 19.5. The zero-order chi connectivity index (χ0) is 15.1. The van der Waals surface area contributed by atoms with Crippen LogP contribution in [0, 0.1) is 11.6 Å². The van der Waals surface area contributed by atoms with E-state index in [1.54, 1.807) is 0 Å². The lowest BCUT2D eigenvalue weighted by Gasteiger charge is -2.11. The van der Waals surface area contributed by atoms with Gasteiger partial charge in [-0.15, -0.1) is 0 Å². The molecule has 7 heteroatoms. The summed E-state index contributed by atoms with van der Waals surface area (Å²) in [6.07, 6.45) is 0.749. The number of benzene rings is 1. The number of carboxylic acids is 1. The molecule has 0 aliphatic rings. The summed E-state index contributed by atoms with van der Waals surface area (Å²) in [5.74, 6) is -3.72. The molecule has 1 aromatic carbocycles. The zero-order valence-electron chi connectivity index (χ0n) is 10.6. The Labute approximate surface area is 114 Å². The van der Waals surface area contributed by atoms with E-state index in [0.717, 1.165) is 12.1 Å². The van der Waals surface area contributed by atoms with E-state index in [1.807, 2.05) is 0 Å². The van der Waals surface area contributed by atoms with Gasteiger partial charge in [-0.1, -0.05) is 6.07 Å². The molecule has 110 valence electrons. The van der Waals surface area contributed by atoms with Crippen LogP contribution in [0.3, 0.4) is 0 Å². The third kappa shape index (κ3) is 4.93. The summed E-state index contributed by atoms with van der Waals surface area (Å²) < 4.78 is 25.6. The van der Waals surface area contributed by atoms with Crippen molar-refractivity contribution in [2.45, 2.75) is 25.3 Å². The smallest absolute Gasteiger partial charge is 0.328 e. The van der Waals surface area contributed by atoms with E-state index in [4.69, 9.17) is 10.2 Å². The molecule has 0 aromatic heterocycles. The van der Waals surface area contributed by atoms with E-state index in [0.29, 0.717) is 18.4 Å². The molecule has 20 heavy (non-hydrogen) atoms. The summed E-state index contributed by atoms with van der Waals surface area (Å²) in [6, 6.07) is 2.16. The first-order valence-electron chi connectivity index (χ1n) is 6.01. The highest BCUT2D eigenvalue weighted by atomic mass is 19.2. The fourth-order valence-corrected chi connectivity index (χ4v) is 1.60. The third-order valence-corrected chi connectivity index (χ3v) is 2.67. The van der Waals surface area contributed by atoms with Crippen LogP contribution in [0.5, 0.6) is 0 Å². The maximum absolute atomic E-state index is 12.9. The minimum atomic E-state index is -1.33. The second-order valence-electron chi connectivity index (χ2n) is 4.24. The highest BCUT2D eigenvalue weighted by Crippen LogP contribution is 2.11. The third-order valence-electron chi connectivity index (χ3n) is 2.67. The number of aliphatic hydroxyl groups is 1. The Hall–Kier alpha value is -2.02. The van der Waals surface area contributed by atoms with Gasteiger partial charge < -0.3 is 15.5 Å². The van der Waals surface area contributed by atoms with Gasteiger partial charge in [0, 0.05) is 6.42 Å². The molecule has 0 aliphatic heterocycles. The summed E-state index contributed by atoms with van der Waals surface area (Å²) >= 11 is 0. The zero-order valence-corrected chi connectivity index (χ0v) is 10.6. The van der Waals surface area contributed by atoms with Crippen molar-refractivity contribution in [2.24, 2.45) is 0 Å². The van der Waals surface area contributed by atoms with E-state index in [2.05, 4.69) is 5.32 Å². The minimum Gasteiger partial charge on any atom is -0.480 e. The van der Waals surface area contributed by atoms with Gasteiger partial charge >= 0.3 is 5.97 Å². The second-order valence-corrected chi connectivity index (χ2v) is 4.24. The number of hydrogen-bond donors (Lipinski definition) is 3. The lowest BCUT2D eigenvalue weighted by Crippen LogP contribution is -2.43. The molecule has 1 amide bonds. The van der Waals surface area contributed by atoms with Gasteiger partial charge in [0.25, 0.3) is 0 Å². The molecule has 0 saturated carbocycles. The molecule has 1 unspecified atom stereocenters. The van der Waals surface area contributed by atoms with Crippen LogP contribution in [0.15, 0.2) is 18.2 Å². The van der Waals surface area contributed by atoms with E-state index in [1.165, 1.54) is 6.07 Å². The van der Waals surface area contributed by atoms with Crippen molar-refractivity contribution >= 4 is 11.9 Å². The van der Waals surface area contributed by atoms with E-state index in [-0.39, 0.29) is 6.42 Å². The molecule has 0 aliphatic carbocycles. The Morgan fingerprint density at radius 3 is 2.50 bits per heavy atom. The van der Waals surface area contributed by atoms with Crippen molar-refractivity contribution in [3.8, 4) is 0 Å². The van der Waals surface area contributed by atoms with Crippen LogP contribution >= 0.6 is 0 Å². The van der Waals surface area contributed by atoms with E-state index in [9.17, 15) is 18.4 Å².